The Bertz CT molecular complexity index is 855. The second-order valence-electron chi connectivity index (χ2n) is 9.38. The molecule has 2 heteroatoms. The third-order valence-electron chi connectivity index (χ3n) is 6.26. The third kappa shape index (κ3) is 16.3. The van der Waals surface area contributed by atoms with Gasteiger partial charge in [-0.15, -0.1) is 11.3 Å². The maximum Gasteiger partial charge on any atom is 0.0377 e. The van der Waals surface area contributed by atoms with Crippen molar-refractivity contribution in [3.63, 3.8) is 0 Å². The van der Waals surface area contributed by atoms with Gasteiger partial charge in [0.1, 0.15) is 0 Å². The lowest BCUT2D eigenvalue weighted by Gasteiger charge is -2.09. The van der Waals surface area contributed by atoms with Crippen LogP contribution < -0.4 is 0 Å². The van der Waals surface area contributed by atoms with Crippen LogP contribution in [0, 0.1) is 0 Å². The third-order valence-corrected chi connectivity index (χ3v) is 7.60. The van der Waals surface area contributed by atoms with Crippen LogP contribution in [0.15, 0.2) is 60.0 Å². The topological polar surface area (TPSA) is 0 Å². The van der Waals surface area contributed by atoms with E-state index >= 15 is 0 Å². The number of unbranched alkanes of at least 4 members (excludes halogenated alkanes) is 8. The minimum Gasteiger partial charge on any atom is -0.168 e. The summed E-state index contributed by atoms with van der Waals surface area (Å²) in [5.74, 6) is 0. The maximum atomic E-state index is 4.63. The lowest BCUT2D eigenvalue weighted by atomic mass is 9.96. The van der Waals surface area contributed by atoms with Crippen molar-refractivity contribution in [2.75, 3.05) is 0 Å². The summed E-state index contributed by atoms with van der Waals surface area (Å²) >= 11 is 6.52. The molecule has 1 heterocycles. The molecule has 0 aliphatic rings. The summed E-state index contributed by atoms with van der Waals surface area (Å²) < 4.78 is 1.44. The molecular formula is C35H58S2. The summed E-state index contributed by atoms with van der Waals surface area (Å²) in [5, 5.41) is 4.14. The van der Waals surface area contributed by atoms with Crippen molar-refractivity contribution in [1.82, 2.24) is 0 Å². The Morgan fingerprint density at radius 3 is 2.11 bits per heavy atom. The molecule has 2 aromatic rings. The van der Waals surface area contributed by atoms with Gasteiger partial charge in [0, 0.05) is 9.95 Å². The first-order chi connectivity index (χ1) is 18.2. The van der Waals surface area contributed by atoms with Crippen LogP contribution in [0.2, 0.25) is 0 Å². The minimum absolute atomic E-state index is 0.274. The molecule has 1 atom stereocenters. The molecule has 0 aliphatic heterocycles. The lowest BCUT2D eigenvalue weighted by molar-refractivity contribution is 0.614. The summed E-state index contributed by atoms with van der Waals surface area (Å²) in [7, 11) is 0. The van der Waals surface area contributed by atoms with E-state index in [2.05, 4.69) is 80.9 Å². The van der Waals surface area contributed by atoms with Gasteiger partial charge in [-0.25, -0.2) is 0 Å². The van der Waals surface area contributed by atoms with Crippen LogP contribution >= 0.6 is 24.0 Å². The molecule has 0 saturated carbocycles. The number of hydrogen-bond donors (Lipinski definition) is 1. The van der Waals surface area contributed by atoms with Crippen LogP contribution in [0.5, 0.6) is 0 Å². The van der Waals surface area contributed by atoms with Crippen molar-refractivity contribution in [1.29, 1.82) is 0 Å². The smallest absolute Gasteiger partial charge is 0.0377 e. The summed E-state index contributed by atoms with van der Waals surface area (Å²) in [5.41, 5.74) is 4.40. The molecule has 2 rings (SSSR count). The molecule has 1 aromatic heterocycles. The molecule has 0 N–H and O–H groups in total. The van der Waals surface area contributed by atoms with Gasteiger partial charge in [-0.2, -0.15) is 12.6 Å². The van der Waals surface area contributed by atoms with E-state index in [1.54, 1.807) is 0 Å². The Labute approximate surface area is 241 Å². The van der Waals surface area contributed by atoms with Gasteiger partial charge in [0.15, 0.2) is 0 Å². The standard InChI is InChI=1S/C31H46S2.2C2H6/c1-4-6-7-11-15-21-29(32)22-16-13-10-8-9-12-14-19-26(3)24-27-20-17-23-30-31(27)28(18-5-2)25-33-30;2*1-2/h15-17,20-23,25,29,32H,3-14,18-19,24H2,1-2H3;2*1-2H3/b21-15-,22-16-;;. The average Bonchev–Trinajstić information content (AvgIpc) is 3.34. The van der Waals surface area contributed by atoms with E-state index in [4.69, 9.17) is 0 Å². The van der Waals surface area contributed by atoms with Gasteiger partial charge < -0.3 is 0 Å². The molecule has 0 saturated heterocycles. The van der Waals surface area contributed by atoms with Crippen LogP contribution in [0.3, 0.4) is 0 Å². The quantitative estimate of drug-likeness (QED) is 0.108. The van der Waals surface area contributed by atoms with Crippen molar-refractivity contribution in [3.8, 4) is 0 Å². The zero-order chi connectivity index (χ0) is 27.7. The van der Waals surface area contributed by atoms with Gasteiger partial charge >= 0.3 is 0 Å². The lowest BCUT2D eigenvalue weighted by Crippen LogP contribution is -1.93. The molecule has 1 unspecified atom stereocenters. The molecule has 37 heavy (non-hydrogen) atoms. The Balaban J connectivity index is 0.00000308. The molecule has 0 nitrogen and oxygen atoms in total. The summed E-state index contributed by atoms with van der Waals surface area (Å²) in [6.45, 7) is 16.9. The van der Waals surface area contributed by atoms with Gasteiger partial charge in [0.05, 0.1) is 0 Å². The van der Waals surface area contributed by atoms with Crippen molar-refractivity contribution in [2.45, 2.75) is 137 Å². The molecule has 0 fully saturated rings. The van der Waals surface area contributed by atoms with Crippen LogP contribution in [0.4, 0.5) is 0 Å². The van der Waals surface area contributed by atoms with Crippen molar-refractivity contribution >= 4 is 34.1 Å². The predicted molar refractivity (Wildman–Crippen MR) is 179 cm³/mol. The molecule has 0 aliphatic carbocycles. The first kappa shape index (κ1) is 35.8. The van der Waals surface area contributed by atoms with Gasteiger partial charge in [-0.3, -0.25) is 0 Å². The zero-order valence-corrected chi connectivity index (χ0v) is 26.9. The molecule has 210 valence electrons. The molecule has 0 amide bonds. The Morgan fingerprint density at radius 2 is 1.46 bits per heavy atom. The number of hydrogen-bond acceptors (Lipinski definition) is 2. The van der Waals surface area contributed by atoms with E-state index in [0.717, 1.165) is 12.8 Å². The van der Waals surface area contributed by atoms with Gasteiger partial charge in [0.2, 0.25) is 0 Å². The number of aryl methyl sites for hydroxylation is 1. The van der Waals surface area contributed by atoms with E-state index in [-0.39, 0.29) is 5.25 Å². The summed E-state index contributed by atoms with van der Waals surface area (Å²) in [6.07, 6.45) is 26.5. The molecule has 1 aromatic carbocycles. The maximum absolute atomic E-state index is 4.63. The fourth-order valence-electron chi connectivity index (χ4n) is 4.41. The average molecular weight is 543 g/mol. The summed E-state index contributed by atoms with van der Waals surface area (Å²) in [4.78, 5) is 0. The monoisotopic (exact) mass is 542 g/mol. The van der Waals surface area contributed by atoms with Crippen molar-refractivity contribution < 1.29 is 0 Å². The number of allylic oxidation sites excluding steroid dienone is 3. The number of thiophene rings is 1. The zero-order valence-electron chi connectivity index (χ0n) is 25.2. The first-order valence-corrected chi connectivity index (χ1v) is 16.7. The van der Waals surface area contributed by atoms with Crippen LogP contribution in [0.25, 0.3) is 10.1 Å². The van der Waals surface area contributed by atoms with E-state index in [9.17, 15) is 0 Å². The fraction of sp³-hybridized carbons (Fsp3) is 0.600. The Hall–Kier alpha value is -1.25. The van der Waals surface area contributed by atoms with Gasteiger partial charge in [0.25, 0.3) is 0 Å². The highest BCUT2D eigenvalue weighted by Crippen LogP contribution is 2.31. The highest BCUT2D eigenvalue weighted by atomic mass is 32.1. The molecule has 0 spiro atoms. The van der Waals surface area contributed by atoms with E-state index in [0.29, 0.717) is 0 Å². The summed E-state index contributed by atoms with van der Waals surface area (Å²) in [6, 6.07) is 6.79. The van der Waals surface area contributed by atoms with E-state index in [1.807, 2.05) is 39.0 Å². The number of fused-ring (bicyclic) bond motifs is 1. The SMILES string of the molecule is C=C(CCCCCCC/C=C\C(S)/C=C\CCCCC)Cc1cccc2scc(CCC)c12.CC.CC. The highest BCUT2D eigenvalue weighted by molar-refractivity contribution is 7.81. The highest BCUT2D eigenvalue weighted by Gasteiger charge is 2.09. The van der Waals surface area contributed by atoms with Gasteiger partial charge in [-0.05, 0) is 79.3 Å². The number of benzene rings is 1. The second kappa shape index (κ2) is 25.1. The number of rotatable bonds is 18. The van der Waals surface area contributed by atoms with Crippen LogP contribution in [-0.2, 0) is 12.8 Å². The molecular weight excluding hydrogens is 485 g/mol. The minimum atomic E-state index is 0.274. The molecule has 0 bridgehead atoms. The fourth-order valence-corrected chi connectivity index (χ4v) is 5.69. The number of thiol groups is 1. The predicted octanol–water partition coefficient (Wildman–Crippen LogP) is 12.7. The Morgan fingerprint density at radius 1 is 0.838 bits per heavy atom. The van der Waals surface area contributed by atoms with Crippen LogP contribution in [-0.4, -0.2) is 5.25 Å². The van der Waals surface area contributed by atoms with E-state index in [1.165, 1.54) is 104 Å². The Kier molecular flexibility index (Phi) is 24.2. The molecule has 0 radical (unpaired) electrons. The van der Waals surface area contributed by atoms with E-state index < -0.39 is 0 Å². The van der Waals surface area contributed by atoms with Crippen LogP contribution in [0.1, 0.15) is 130 Å². The van der Waals surface area contributed by atoms with Crippen molar-refractivity contribution in [3.05, 3.63) is 71.2 Å². The second-order valence-corrected chi connectivity index (χ2v) is 10.9. The van der Waals surface area contributed by atoms with Crippen molar-refractivity contribution in [2.24, 2.45) is 0 Å². The first-order valence-electron chi connectivity index (χ1n) is 15.3. The largest absolute Gasteiger partial charge is 0.168 e. The normalized spacial score (nSPS) is 11.9. The van der Waals surface area contributed by atoms with Gasteiger partial charge in [-0.1, -0.05) is 129 Å².